The first-order valence-corrected chi connectivity index (χ1v) is 15.3. The summed E-state index contributed by atoms with van der Waals surface area (Å²) in [6, 6.07) is 17.9. The van der Waals surface area contributed by atoms with Gasteiger partial charge in [0.15, 0.2) is 5.04 Å². The number of aromatic nitrogens is 1. The van der Waals surface area contributed by atoms with E-state index in [-0.39, 0.29) is 24.3 Å². The molecular weight excluding hydrogens is 630 g/mol. The molecule has 198 valence electrons. The van der Waals surface area contributed by atoms with Crippen molar-refractivity contribution >= 4 is 54.6 Å². The van der Waals surface area contributed by atoms with E-state index in [0.717, 1.165) is 49.3 Å². The van der Waals surface area contributed by atoms with Gasteiger partial charge in [-0.2, -0.15) is 0 Å². The van der Waals surface area contributed by atoms with Gasteiger partial charge in [0, 0.05) is 30.1 Å². The predicted octanol–water partition coefficient (Wildman–Crippen LogP) is 6.87. The number of amides is 1. The number of benzene rings is 2. The van der Waals surface area contributed by atoms with E-state index in [1.54, 1.807) is 0 Å². The molecule has 3 heterocycles. The highest BCUT2D eigenvalue weighted by Crippen LogP contribution is 2.47. The van der Waals surface area contributed by atoms with Crippen molar-refractivity contribution in [1.82, 2.24) is 9.88 Å². The topological polar surface area (TPSA) is 75.0 Å². The first kappa shape index (κ1) is 27.2. The van der Waals surface area contributed by atoms with Gasteiger partial charge in [0.2, 0.25) is 0 Å². The first-order chi connectivity index (χ1) is 18.4. The van der Waals surface area contributed by atoms with E-state index < -0.39 is 0 Å². The molecule has 1 unspecified atom stereocenters. The fraction of sp³-hybridized carbons (Fsp3) is 0.345. The summed E-state index contributed by atoms with van der Waals surface area (Å²) in [5.41, 5.74) is 3.87. The number of ether oxygens (including phenoxy) is 1. The Morgan fingerprint density at radius 1 is 1.13 bits per heavy atom. The van der Waals surface area contributed by atoms with Gasteiger partial charge in [0.1, 0.15) is 22.6 Å². The van der Waals surface area contributed by atoms with Crippen LogP contribution in [0.5, 0.6) is 11.5 Å². The molecule has 0 saturated carbocycles. The van der Waals surface area contributed by atoms with Crippen LogP contribution in [0.1, 0.15) is 41.4 Å². The minimum atomic E-state index is -0.261. The number of rotatable bonds is 7. The lowest BCUT2D eigenvalue weighted by atomic mass is 9.90. The number of aryl methyl sites for hydroxylation is 1. The van der Waals surface area contributed by atoms with Gasteiger partial charge in [-0.15, -0.1) is 0 Å². The summed E-state index contributed by atoms with van der Waals surface area (Å²) >= 11 is 8.43. The SMILES string of the molecule is Cc1cccc(COc2c(C3CSC(C(=O)N4CCC(Cc5ccccc5)CC4)=N3)cc(Br)c(O)c2Br)n1. The summed E-state index contributed by atoms with van der Waals surface area (Å²) in [5, 5.41) is 11.1. The number of nitrogens with zero attached hydrogens (tertiary/aromatic N) is 3. The minimum absolute atomic E-state index is 0.0130. The van der Waals surface area contributed by atoms with Crippen LogP contribution in [0.4, 0.5) is 0 Å². The second kappa shape index (κ2) is 12.2. The average molecular weight is 659 g/mol. The summed E-state index contributed by atoms with van der Waals surface area (Å²) in [4.78, 5) is 24.6. The molecule has 9 heteroatoms. The molecule has 1 fully saturated rings. The van der Waals surface area contributed by atoms with Crippen molar-refractivity contribution in [2.45, 2.75) is 38.8 Å². The number of thioether (sulfide) groups is 1. The van der Waals surface area contributed by atoms with Gasteiger partial charge in [0.25, 0.3) is 5.91 Å². The maximum Gasteiger partial charge on any atom is 0.278 e. The van der Waals surface area contributed by atoms with Crippen LogP contribution in [0, 0.1) is 12.8 Å². The summed E-state index contributed by atoms with van der Waals surface area (Å²) in [6.45, 7) is 3.70. The normalized spacial score (nSPS) is 17.9. The average Bonchev–Trinajstić information content (AvgIpc) is 3.42. The molecule has 5 rings (SSSR count). The Bertz CT molecular complexity index is 1340. The monoisotopic (exact) mass is 657 g/mol. The fourth-order valence-corrected chi connectivity index (χ4v) is 7.19. The number of aliphatic imine (C=N–C) groups is 1. The Morgan fingerprint density at radius 2 is 1.89 bits per heavy atom. The standard InChI is InChI=1S/C29H29Br2N3O3S/c1-18-6-5-9-21(32-18)16-37-27-22(15-23(30)26(35)25(27)31)24-17-38-28(33-24)29(36)34-12-10-20(11-13-34)14-19-7-3-2-4-8-19/h2-9,15,20,24,35H,10-14,16-17H2,1H3. The van der Waals surface area contributed by atoms with Crippen LogP contribution in [0.3, 0.4) is 0 Å². The molecule has 38 heavy (non-hydrogen) atoms. The van der Waals surface area contributed by atoms with Crippen molar-refractivity contribution in [3.8, 4) is 11.5 Å². The van der Waals surface area contributed by atoms with Crippen molar-refractivity contribution in [2.75, 3.05) is 18.8 Å². The summed E-state index contributed by atoms with van der Waals surface area (Å²) < 4.78 is 7.16. The van der Waals surface area contributed by atoms with E-state index in [1.165, 1.54) is 17.3 Å². The second-order valence-electron chi connectivity index (χ2n) is 9.68. The van der Waals surface area contributed by atoms with Crippen molar-refractivity contribution < 1.29 is 14.6 Å². The lowest BCUT2D eigenvalue weighted by Gasteiger charge is -2.32. The number of likely N-dealkylation sites (tertiary alicyclic amines) is 1. The van der Waals surface area contributed by atoms with E-state index in [0.29, 0.717) is 31.4 Å². The number of pyridine rings is 1. The Kier molecular flexibility index (Phi) is 8.75. The molecule has 0 radical (unpaired) electrons. The smallest absolute Gasteiger partial charge is 0.278 e. The summed E-state index contributed by atoms with van der Waals surface area (Å²) in [6.07, 6.45) is 3.07. The number of phenolic OH excluding ortho intramolecular Hbond substituents is 1. The number of hydrogen-bond donors (Lipinski definition) is 1. The molecule has 2 aliphatic heterocycles. The van der Waals surface area contributed by atoms with E-state index in [4.69, 9.17) is 9.73 Å². The molecule has 1 atom stereocenters. The lowest BCUT2D eigenvalue weighted by Crippen LogP contribution is -2.41. The largest absolute Gasteiger partial charge is 0.505 e. The van der Waals surface area contributed by atoms with E-state index in [2.05, 4.69) is 61.1 Å². The van der Waals surface area contributed by atoms with Gasteiger partial charge in [0.05, 0.1) is 16.2 Å². The van der Waals surface area contributed by atoms with Crippen LogP contribution in [0.2, 0.25) is 0 Å². The Labute approximate surface area is 244 Å². The van der Waals surface area contributed by atoms with Crippen molar-refractivity contribution in [2.24, 2.45) is 10.9 Å². The second-order valence-corrected chi connectivity index (χ2v) is 12.3. The Hall–Kier alpha value is -2.36. The molecule has 3 aromatic rings. The predicted molar refractivity (Wildman–Crippen MR) is 159 cm³/mol. The lowest BCUT2D eigenvalue weighted by molar-refractivity contribution is -0.125. The molecule has 2 aromatic carbocycles. The van der Waals surface area contributed by atoms with Gasteiger partial charge >= 0.3 is 0 Å². The molecule has 6 nitrogen and oxygen atoms in total. The van der Waals surface area contributed by atoms with E-state index >= 15 is 0 Å². The molecule has 0 spiro atoms. The third-order valence-electron chi connectivity index (χ3n) is 6.95. The number of halogens is 2. The zero-order chi connectivity index (χ0) is 26.6. The quantitative estimate of drug-likeness (QED) is 0.300. The summed E-state index contributed by atoms with van der Waals surface area (Å²) in [5.74, 6) is 1.82. The zero-order valence-electron chi connectivity index (χ0n) is 21.1. The van der Waals surface area contributed by atoms with E-state index in [9.17, 15) is 9.90 Å². The van der Waals surface area contributed by atoms with Crippen LogP contribution in [0.25, 0.3) is 0 Å². The molecular formula is C29H29Br2N3O3S. The highest BCUT2D eigenvalue weighted by Gasteiger charge is 2.33. The third kappa shape index (κ3) is 6.26. The van der Waals surface area contributed by atoms with Crippen molar-refractivity contribution in [3.63, 3.8) is 0 Å². The minimum Gasteiger partial charge on any atom is -0.505 e. The van der Waals surface area contributed by atoms with Crippen molar-refractivity contribution in [3.05, 3.63) is 86.1 Å². The molecule has 1 aromatic heterocycles. The van der Waals surface area contributed by atoms with Crippen LogP contribution < -0.4 is 4.74 Å². The van der Waals surface area contributed by atoms with Gasteiger partial charge in [-0.1, -0.05) is 48.2 Å². The third-order valence-corrected chi connectivity index (χ3v) is 9.33. The maximum absolute atomic E-state index is 13.3. The first-order valence-electron chi connectivity index (χ1n) is 12.7. The van der Waals surface area contributed by atoms with Crippen molar-refractivity contribution in [1.29, 1.82) is 0 Å². The molecule has 2 aliphatic rings. The molecule has 1 N–H and O–H groups in total. The van der Waals surface area contributed by atoms with Crippen LogP contribution in [-0.4, -0.2) is 44.8 Å². The summed E-state index contributed by atoms with van der Waals surface area (Å²) in [7, 11) is 0. The van der Waals surface area contributed by atoms with Crippen LogP contribution in [0.15, 0.2) is 68.5 Å². The Balaban J connectivity index is 1.27. The highest BCUT2D eigenvalue weighted by molar-refractivity contribution is 9.11. The molecule has 0 bridgehead atoms. The van der Waals surface area contributed by atoms with Crippen LogP contribution in [-0.2, 0) is 17.8 Å². The zero-order valence-corrected chi connectivity index (χ0v) is 25.1. The van der Waals surface area contributed by atoms with Gasteiger partial charge in [-0.3, -0.25) is 14.8 Å². The van der Waals surface area contributed by atoms with Gasteiger partial charge in [-0.05, 0) is 87.7 Å². The van der Waals surface area contributed by atoms with Gasteiger partial charge in [-0.25, -0.2) is 0 Å². The molecule has 1 saturated heterocycles. The van der Waals surface area contributed by atoms with Crippen LogP contribution >= 0.6 is 43.6 Å². The number of hydrogen-bond acceptors (Lipinski definition) is 6. The maximum atomic E-state index is 13.3. The number of phenols is 1. The highest BCUT2D eigenvalue weighted by atomic mass is 79.9. The number of piperidine rings is 1. The molecule has 1 amide bonds. The fourth-order valence-electron chi connectivity index (χ4n) is 4.90. The van der Waals surface area contributed by atoms with E-state index in [1.807, 2.05) is 42.2 Å². The molecule has 0 aliphatic carbocycles. The number of carbonyl (C=O) groups is 1. The van der Waals surface area contributed by atoms with Gasteiger partial charge < -0.3 is 14.7 Å². The number of aromatic hydroxyl groups is 1. The number of carbonyl (C=O) groups excluding carboxylic acids is 1. The Morgan fingerprint density at radius 3 is 2.63 bits per heavy atom.